The number of hydrogen-bond donors (Lipinski definition) is 1. The van der Waals surface area contributed by atoms with Crippen LogP contribution in [0.4, 0.5) is 0 Å². The van der Waals surface area contributed by atoms with Crippen LogP contribution in [0.15, 0.2) is 47.5 Å². The third kappa shape index (κ3) is 5.88. The van der Waals surface area contributed by atoms with Gasteiger partial charge in [0.1, 0.15) is 5.69 Å². The minimum atomic E-state index is -3.64. The summed E-state index contributed by atoms with van der Waals surface area (Å²) in [6.45, 7) is 3.88. The standard InChI is InChI=1S/C23H29N3O6S/c1-16(2)17-6-8-19(9-7-17)33(30,31)26-13-10-18(11-14-26)23(29)32-15-21(27)24-22(28)20-5-4-12-25(20)3/h4-9,12,16,18H,10-11,13-15H2,1-3H3,(H,24,27,28). The summed E-state index contributed by atoms with van der Waals surface area (Å²) >= 11 is 0. The summed E-state index contributed by atoms with van der Waals surface area (Å²) in [7, 11) is -1.97. The monoisotopic (exact) mass is 475 g/mol. The van der Waals surface area contributed by atoms with Crippen molar-refractivity contribution in [1.29, 1.82) is 0 Å². The number of hydrogen-bond acceptors (Lipinski definition) is 6. The molecule has 1 aromatic heterocycles. The minimum absolute atomic E-state index is 0.187. The van der Waals surface area contributed by atoms with Gasteiger partial charge in [-0.2, -0.15) is 4.31 Å². The lowest BCUT2D eigenvalue weighted by atomic mass is 9.98. The number of aromatic nitrogens is 1. The Morgan fingerprint density at radius 3 is 2.27 bits per heavy atom. The van der Waals surface area contributed by atoms with Crippen molar-refractivity contribution in [3.8, 4) is 0 Å². The van der Waals surface area contributed by atoms with Crippen LogP contribution in [0.2, 0.25) is 0 Å². The SMILES string of the molecule is CC(C)c1ccc(S(=O)(=O)N2CCC(C(=O)OCC(=O)NC(=O)c3cccn3C)CC2)cc1. The van der Waals surface area contributed by atoms with Crippen LogP contribution in [0.3, 0.4) is 0 Å². The summed E-state index contributed by atoms with van der Waals surface area (Å²) in [5.74, 6) is -2.07. The quantitative estimate of drug-likeness (QED) is 0.613. The average molecular weight is 476 g/mol. The molecule has 3 rings (SSSR count). The molecule has 0 unspecified atom stereocenters. The van der Waals surface area contributed by atoms with E-state index in [0.29, 0.717) is 24.5 Å². The van der Waals surface area contributed by atoms with Crippen molar-refractivity contribution in [3.63, 3.8) is 0 Å². The number of imide groups is 1. The number of benzene rings is 1. The van der Waals surface area contributed by atoms with E-state index in [9.17, 15) is 22.8 Å². The second kappa shape index (κ2) is 10.3. The highest BCUT2D eigenvalue weighted by Gasteiger charge is 2.33. The fourth-order valence-electron chi connectivity index (χ4n) is 3.68. The smallest absolute Gasteiger partial charge is 0.309 e. The number of rotatable bonds is 7. The Labute approximate surface area is 193 Å². The van der Waals surface area contributed by atoms with Crippen LogP contribution < -0.4 is 5.32 Å². The van der Waals surface area contributed by atoms with Gasteiger partial charge in [0.2, 0.25) is 10.0 Å². The van der Waals surface area contributed by atoms with E-state index in [1.54, 1.807) is 42.1 Å². The molecule has 1 aliphatic rings. The van der Waals surface area contributed by atoms with Gasteiger partial charge in [-0.1, -0.05) is 26.0 Å². The van der Waals surface area contributed by atoms with E-state index < -0.39 is 40.3 Å². The molecule has 0 atom stereocenters. The Balaban J connectivity index is 1.48. The van der Waals surface area contributed by atoms with E-state index in [0.717, 1.165) is 5.56 Å². The van der Waals surface area contributed by atoms with Gasteiger partial charge in [-0.25, -0.2) is 8.42 Å². The fraction of sp³-hybridized carbons (Fsp3) is 0.435. The lowest BCUT2D eigenvalue weighted by Gasteiger charge is -2.30. The van der Waals surface area contributed by atoms with E-state index in [1.165, 1.54) is 4.31 Å². The van der Waals surface area contributed by atoms with Crippen LogP contribution in [0.1, 0.15) is 48.7 Å². The lowest BCUT2D eigenvalue weighted by molar-refractivity contribution is -0.153. The molecule has 9 nitrogen and oxygen atoms in total. The highest BCUT2D eigenvalue weighted by molar-refractivity contribution is 7.89. The molecule has 0 bridgehead atoms. The Morgan fingerprint density at radius 1 is 1.09 bits per heavy atom. The molecule has 33 heavy (non-hydrogen) atoms. The van der Waals surface area contributed by atoms with E-state index in [-0.39, 0.29) is 18.0 Å². The topological polar surface area (TPSA) is 115 Å². The largest absolute Gasteiger partial charge is 0.455 e. The number of amides is 2. The van der Waals surface area contributed by atoms with Crippen molar-refractivity contribution in [2.75, 3.05) is 19.7 Å². The predicted molar refractivity (Wildman–Crippen MR) is 121 cm³/mol. The molecule has 1 aromatic carbocycles. The van der Waals surface area contributed by atoms with Gasteiger partial charge < -0.3 is 9.30 Å². The molecule has 1 saturated heterocycles. The normalized spacial score (nSPS) is 15.4. The lowest BCUT2D eigenvalue weighted by Crippen LogP contribution is -2.41. The van der Waals surface area contributed by atoms with Gasteiger partial charge in [0.15, 0.2) is 6.61 Å². The molecule has 2 aromatic rings. The van der Waals surface area contributed by atoms with Gasteiger partial charge in [-0.3, -0.25) is 19.7 Å². The number of ether oxygens (including phenoxy) is 1. The average Bonchev–Trinajstić information content (AvgIpc) is 3.23. The highest BCUT2D eigenvalue weighted by Crippen LogP contribution is 2.25. The number of carbonyl (C=O) groups is 3. The molecule has 1 N–H and O–H groups in total. The molecule has 0 spiro atoms. The third-order valence-corrected chi connectivity index (χ3v) is 7.66. The van der Waals surface area contributed by atoms with Gasteiger partial charge in [-0.05, 0) is 48.6 Å². The van der Waals surface area contributed by atoms with Crippen LogP contribution in [-0.4, -0.2) is 54.8 Å². The highest BCUT2D eigenvalue weighted by atomic mass is 32.2. The van der Waals surface area contributed by atoms with E-state index in [1.807, 2.05) is 26.0 Å². The maximum absolute atomic E-state index is 12.9. The second-order valence-electron chi connectivity index (χ2n) is 8.39. The Kier molecular flexibility index (Phi) is 7.70. The number of esters is 1. The molecule has 178 valence electrons. The van der Waals surface area contributed by atoms with Crippen molar-refractivity contribution >= 4 is 27.8 Å². The van der Waals surface area contributed by atoms with Crippen molar-refractivity contribution in [3.05, 3.63) is 53.9 Å². The molecule has 1 fully saturated rings. The zero-order valence-electron chi connectivity index (χ0n) is 19.0. The number of nitrogens with zero attached hydrogens (tertiary/aromatic N) is 2. The summed E-state index contributed by atoms with van der Waals surface area (Å²) in [5, 5.41) is 2.17. The first-order chi connectivity index (χ1) is 15.6. The first-order valence-corrected chi connectivity index (χ1v) is 12.3. The zero-order chi connectivity index (χ0) is 24.2. The fourth-order valence-corrected chi connectivity index (χ4v) is 5.15. The molecule has 1 aliphatic heterocycles. The zero-order valence-corrected chi connectivity index (χ0v) is 19.8. The summed E-state index contributed by atoms with van der Waals surface area (Å²) in [4.78, 5) is 36.5. The Hall–Kier alpha value is -2.98. The van der Waals surface area contributed by atoms with Crippen LogP contribution in [0.5, 0.6) is 0 Å². The van der Waals surface area contributed by atoms with Gasteiger partial charge in [0, 0.05) is 26.3 Å². The molecule has 0 radical (unpaired) electrons. The summed E-state index contributed by atoms with van der Waals surface area (Å²) < 4.78 is 33.8. The maximum atomic E-state index is 12.9. The third-order valence-electron chi connectivity index (χ3n) is 5.75. The van der Waals surface area contributed by atoms with Gasteiger partial charge in [-0.15, -0.1) is 0 Å². The van der Waals surface area contributed by atoms with E-state index in [2.05, 4.69) is 5.32 Å². The van der Waals surface area contributed by atoms with Crippen LogP contribution in [0, 0.1) is 5.92 Å². The van der Waals surface area contributed by atoms with Gasteiger partial charge in [0.05, 0.1) is 10.8 Å². The molecular formula is C23H29N3O6S. The number of piperidine rings is 1. The molecule has 2 heterocycles. The summed E-state index contributed by atoms with van der Waals surface area (Å²) in [6.07, 6.45) is 2.27. The maximum Gasteiger partial charge on any atom is 0.309 e. The van der Waals surface area contributed by atoms with E-state index >= 15 is 0 Å². The molecular weight excluding hydrogens is 446 g/mol. The van der Waals surface area contributed by atoms with Gasteiger partial charge in [0.25, 0.3) is 11.8 Å². The van der Waals surface area contributed by atoms with Crippen LogP contribution >= 0.6 is 0 Å². The first kappa shape index (κ1) is 24.7. The number of aryl methyl sites for hydroxylation is 1. The van der Waals surface area contributed by atoms with Crippen LogP contribution in [0.25, 0.3) is 0 Å². The molecule has 10 heteroatoms. The molecule has 0 saturated carbocycles. The van der Waals surface area contributed by atoms with Gasteiger partial charge >= 0.3 is 5.97 Å². The van der Waals surface area contributed by atoms with Crippen molar-refractivity contribution in [2.45, 2.75) is 37.5 Å². The van der Waals surface area contributed by atoms with Crippen LogP contribution in [-0.2, 0) is 31.4 Å². The van der Waals surface area contributed by atoms with E-state index in [4.69, 9.17) is 4.74 Å². The summed E-state index contributed by atoms with van der Waals surface area (Å²) in [5.41, 5.74) is 1.37. The molecule has 2 amide bonds. The Morgan fingerprint density at radius 2 is 1.73 bits per heavy atom. The van der Waals surface area contributed by atoms with Crippen molar-refractivity contribution < 1.29 is 27.5 Å². The number of sulfonamides is 1. The first-order valence-electron chi connectivity index (χ1n) is 10.8. The second-order valence-corrected chi connectivity index (χ2v) is 10.3. The summed E-state index contributed by atoms with van der Waals surface area (Å²) in [6, 6.07) is 10.1. The number of nitrogens with one attached hydrogen (secondary N) is 1. The molecule has 0 aliphatic carbocycles. The van der Waals surface area contributed by atoms with Crippen molar-refractivity contribution in [2.24, 2.45) is 13.0 Å². The Bertz CT molecular complexity index is 1110. The number of carbonyl (C=O) groups excluding carboxylic acids is 3. The predicted octanol–water partition coefficient (Wildman–Crippen LogP) is 2.05. The van der Waals surface area contributed by atoms with Crippen molar-refractivity contribution in [1.82, 2.24) is 14.2 Å². The minimum Gasteiger partial charge on any atom is -0.455 e.